The van der Waals surface area contributed by atoms with Gasteiger partial charge in [0.15, 0.2) is 0 Å². The van der Waals surface area contributed by atoms with E-state index in [-0.39, 0.29) is 11.9 Å². The van der Waals surface area contributed by atoms with Crippen LogP contribution in [0.15, 0.2) is 60.7 Å². The van der Waals surface area contributed by atoms with Crippen molar-refractivity contribution in [3.05, 3.63) is 60.7 Å². The number of rotatable bonds is 6. The van der Waals surface area contributed by atoms with Crippen molar-refractivity contribution < 1.29 is 18.4 Å². The minimum Gasteiger partial charge on any atom is -0.414 e. The lowest BCUT2D eigenvalue weighted by Crippen LogP contribution is -2.46. The van der Waals surface area contributed by atoms with E-state index in [0.717, 1.165) is 19.4 Å². The van der Waals surface area contributed by atoms with Crippen molar-refractivity contribution in [1.29, 1.82) is 0 Å². The SMILES string of the molecule is O=C([C@@H]1CCCN1)N1CCSC1P(=O)(Oc1ccccc1)Oc1ccccc1. The van der Waals surface area contributed by atoms with Crippen LogP contribution in [0.3, 0.4) is 0 Å². The summed E-state index contributed by atoms with van der Waals surface area (Å²) in [5, 5.41) is 2.55. The minimum absolute atomic E-state index is 0.0268. The van der Waals surface area contributed by atoms with E-state index in [1.165, 1.54) is 11.8 Å². The second-order valence-corrected chi connectivity index (χ2v) is 10.2. The molecule has 8 heteroatoms. The maximum atomic E-state index is 14.0. The molecule has 2 aromatic rings. The lowest BCUT2D eigenvalue weighted by Gasteiger charge is -2.31. The molecule has 2 saturated heterocycles. The number of benzene rings is 2. The van der Waals surface area contributed by atoms with Crippen LogP contribution in [0.25, 0.3) is 0 Å². The molecule has 0 aliphatic carbocycles. The van der Waals surface area contributed by atoms with E-state index in [9.17, 15) is 9.36 Å². The highest BCUT2D eigenvalue weighted by Crippen LogP contribution is 2.59. The number of nitrogens with one attached hydrogen (secondary N) is 1. The molecule has 2 fully saturated rings. The molecule has 0 bridgehead atoms. The molecule has 0 aromatic heterocycles. The molecule has 2 aliphatic heterocycles. The normalized spacial score (nSPS) is 22.2. The number of hydrogen-bond acceptors (Lipinski definition) is 6. The average molecular weight is 418 g/mol. The van der Waals surface area contributed by atoms with E-state index in [4.69, 9.17) is 9.05 Å². The molecule has 2 aromatic carbocycles. The van der Waals surface area contributed by atoms with Crippen molar-refractivity contribution in [3.8, 4) is 11.5 Å². The van der Waals surface area contributed by atoms with Crippen LogP contribution in [0.1, 0.15) is 12.8 Å². The van der Waals surface area contributed by atoms with Gasteiger partial charge in [0.05, 0.1) is 6.04 Å². The Hall–Kier alpha value is -1.95. The van der Waals surface area contributed by atoms with Gasteiger partial charge in [0.2, 0.25) is 11.0 Å². The topological polar surface area (TPSA) is 67.9 Å². The lowest BCUT2D eigenvalue weighted by atomic mass is 10.2. The number of amides is 1. The first kappa shape index (κ1) is 19.4. The van der Waals surface area contributed by atoms with Gasteiger partial charge < -0.3 is 19.3 Å². The van der Waals surface area contributed by atoms with Crippen molar-refractivity contribution in [2.45, 2.75) is 24.0 Å². The second-order valence-electron chi connectivity index (χ2n) is 6.73. The van der Waals surface area contributed by atoms with E-state index in [1.54, 1.807) is 29.2 Å². The van der Waals surface area contributed by atoms with E-state index >= 15 is 0 Å². The van der Waals surface area contributed by atoms with Gasteiger partial charge in [-0.05, 0) is 43.7 Å². The van der Waals surface area contributed by atoms with Gasteiger partial charge in [-0.1, -0.05) is 36.4 Å². The summed E-state index contributed by atoms with van der Waals surface area (Å²) >= 11 is 1.45. The van der Waals surface area contributed by atoms with Crippen LogP contribution in [0.5, 0.6) is 11.5 Å². The van der Waals surface area contributed by atoms with Crippen LogP contribution in [0.2, 0.25) is 0 Å². The fraction of sp³-hybridized carbons (Fsp3) is 0.350. The third-order valence-corrected chi connectivity index (χ3v) is 8.67. The summed E-state index contributed by atoms with van der Waals surface area (Å²) in [6.45, 7) is 1.37. The van der Waals surface area contributed by atoms with Crippen molar-refractivity contribution in [1.82, 2.24) is 10.2 Å². The molecule has 0 spiro atoms. The van der Waals surface area contributed by atoms with Crippen LogP contribution in [0, 0.1) is 0 Å². The fourth-order valence-corrected chi connectivity index (χ4v) is 7.23. The number of para-hydroxylation sites is 2. The molecule has 1 N–H and O–H groups in total. The molecule has 28 heavy (non-hydrogen) atoms. The molecule has 0 saturated carbocycles. The fourth-order valence-electron chi connectivity index (χ4n) is 3.40. The molecule has 148 valence electrons. The van der Waals surface area contributed by atoms with Crippen LogP contribution < -0.4 is 14.4 Å². The van der Waals surface area contributed by atoms with E-state index in [1.807, 2.05) is 36.4 Å². The monoisotopic (exact) mass is 418 g/mol. The van der Waals surface area contributed by atoms with E-state index in [2.05, 4.69) is 5.32 Å². The Morgan fingerprint density at radius 3 is 2.18 bits per heavy atom. The van der Waals surface area contributed by atoms with Gasteiger partial charge in [-0.25, -0.2) is 4.57 Å². The average Bonchev–Trinajstić information content (AvgIpc) is 3.41. The molecule has 2 atom stereocenters. The molecule has 2 heterocycles. The Morgan fingerprint density at radius 2 is 1.64 bits per heavy atom. The Morgan fingerprint density at radius 1 is 1.04 bits per heavy atom. The summed E-state index contributed by atoms with van der Waals surface area (Å²) in [7, 11) is -3.72. The molecule has 4 rings (SSSR count). The summed E-state index contributed by atoms with van der Waals surface area (Å²) < 4.78 is 25.9. The van der Waals surface area contributed by atoms with Crippen LogP contribution in [-0.2, 0) is 9.36 Å². The first-order valence-electron chi connectivity index (χ1n) is 9.40. The third kappa shape index (κ3) is 4.22. The zero-order chi connectivity index (χ0) is 19.4. The summed E-state index contributed by atoms with van der Waals surface area (Å²) in [5.74, 6) is 1.59. The third-order valence-electron chi connectivity index (χ3n) is 4.73. The molecular formula is C20H23N2O4PS. The van der Waals surface area contributed by atoms with Crippen molar-refractivity contribution in [2.24, 2.45) is 0 Å². The van der Waals surface area contributed by atoms with E-state index in [0.29, 0.717) is 23.8 Å². The first-order chi connectivity index (χ1) is 13.7. The minimum atomic E-state index is -3.72. The van der Waals surface area contributed by atoms with Gasteiger partial charge in [0.25, 0.3) is 0 Å². The van der Waals surface area contributed by atoms with Crippen LogP contribution >= 0.6 is 19.4 Å². The zero-order valence-corrected chi connectivity index (χ0v) is 17.1. The van der Waals surface area contributed by atoms with E-state index < -0.39 is 12.7 Å². The molecule has 0 radical (unpaired) electrons. The van der Waals surface area contributed by atoms with Crippen LogP contribution in [0.4, 0.5) is 0 Å². The molecule has 1 amide bonds. The van der Waals surface area contributed by atoms with Crippen molar-refractivity contribution >= 4 is 25.3 Å². The molecule has 6 nitrogen and oxygen atoms in total. The molecule has 1 unspecified atom stereocenters. The second kappa shape index (κ2) is 8.60. The highest BCUT2D eigenvalue weighted by molar-refractivity contribution is 8.05. The molecule has 2 aliphatic rings. The quantitative estimate of drug-likeness (QED) is 0.717. The number of thioether (sulfide) groups is 1. The predicted molar refractivity (Wildman–Crippen MR) is 111 cm³/mol. The van der Waals surface area contributed by atoms with Gasteiger partial charge in [0.1, 0.15) is 11.5 Å². The Kier molecular flexibility index (Phi) is 5.95. The van der Waals surface area contributed by atoms with Gasteiger partial charge in [-0.3, -0.25) is 4.79 Å². The summed E-state index contributed by atoms with van der Waals surface area (Å²) in [4.78, 5) is 14.7. The number of hydrogen-bond donors (Lipinski definition) is 1. The summed E-state index contributed by atoms with van der Waals surface area (Å²) in [5.41, 5.74) is 0. The Bertz CT molecular complexity index is 800. The summed E-state index contributed by atoms with van der Waals surface area (Å²) in [6.07, 6.45) is 1.77. The highest BCUT2D eigenvalue weighted by atomic mass is 32.2. The lowest BCUT2D eigenvalue weighted by molar-refractivity contribution is -0.132. The van der Waals surface area contributed by atoms with Gasteiger partial charge in [-0.15, -0.1) is 11.8 Å². The van der Waals surface area contributed by atoms with Gasteiger partial charge >= 0.3 is 7.60 Å². The number of carbonyl (C=O) groups is 1. The van der Waals surface area contributed by atoms with Gasteiger partial charge in [0, 0.05) is 12.3 Å². The summed E-state index contributed by atoms with van der Waals surface area (Å²) in [6, 6.07) is 17.7. The first-order valence-corrected chi connectivity index (χ1v) is 12.1. The van der Waals surface area contributed by atoms with Crippen LogP contribution in [-0.4, -0.2) is 40.8 Å². The predicted octanol–water partition coefficient (Wildman–Crippen LogP) is 3.95. The molecular weight excluding hydrogens is 395 g/mol. The van der Waals surface area contributed by atoms with Crippen molar-refractivity contribution in [3.63, 3.8) is 0 Å². The largest absolute Gasteiger partial charge is 0.463 e. The number of carbonyl (C=O) groups excluding carboxylic acids is 1. The highest BCUT2D eigenvalue weighted by Gasteiger charge is 2.49. The standard InChI is InChI=1S/C20H23N2O4PS/c23-19(18-12-7-13-21-18)22-14-15-28-20(22)27(24,25-16-8-3-1-4-9-16)26-17-10-5-2-6-11-17/h1-6,8-11,18,20-21H,7,12-15H2/t18-,20?/m0/s1. The Balaban J connectivity index is 1.63. The smallest absolute Gasteiger partial charge is 0.414 e. The van der Waals surface area contributed by atoms with Gasteiger partial charge in [-0.2, -0.15) is 0 Å². The Labute approximate surface area is 169 Å². The number of nitrogens with zero attached hydrogens (tertiary/aromatic N) is 1. The zero-order valence-electron chi connectivity index (χ0n) is 15.4. The maximum absolute atomic E-state index is 14.0. The van der Waals surface area contributed by atoms with Crippen molar-refractivity contribution in [2.75, 3.05) is 18.8 Å². The maximum Gasteiger partial charge on any atom is 0.463 e.